The summed E-state index contributed by atoms with van der Waals surface area (Å²) in [6.45, 7) is 0.193. The molecule has 7 nitrogen and oxygen atoms in total. The third-order valence-corrected chi connectivity index (χ3v) is 5.26. The number of carbonyl (C=O) groups is 2. The van der Waals surface area contributed by atoms with E-state index in [0.29, 0.717) is 27.8 Å². The highest BCUT2D eigenvalue weighted by Crippen LogP contribution is 2.19. The van der Waals surface area contributed by atoms with Gasteiger partial charge in [0.15, 0.2) is 0 Å². The van der Waals surface area contributed by atoms with Crippen molar-refractivity contribution < 1.29 is 14.3 Å². The molecule has 3 aromatic carbocycles. The van der Waals surface area contributed by atoms with E-state index in [0.717, 1.165) is 11.0 Å². The van der Waals surface area contributed by atoms with Gasteiger partial charge in [0.1, 0.15) is 18.1 Å². The van der Waals surface area contributed by atoms with Crippen molar-refractivity contribution in [3.05, 3.63) is 89.2 Å². The van der Waals surface area contributed by atoms with Crippen molar-refractivity contribution in [2.45, 2.75) is 13.1 Å². The molecule has 0 saturated heterocycles. The van der Waals surface area contributed by atoms with E-state index in [2.05, 4.69) is 15.6 Å². The third-order valence-electron chi connectivity index (χ3n) is 4.93. The lowest BCUT2D eigenvalue weighted by Gasteiger charge is -2.11. The fourth-order valence-corrected chi connectivity index (χ4v) is 3.58. The van der Waals surface area contributed by atoms with Gasteiger partial charge in [0.2, 0.25) is 5.91 Å². The van der Waals surface area contributed by atoms with E-state index in [-0.39, 0.29) is 24.9 Å². The smallest absolute Gasteiger partial charge is 0.253 e. The van der Waals surface area contributed by atoms with Crippen LogP contribution in [0, 0.1) is 0 Å². The van der Waals surface area contributed by atoms with Crippen LogP contribution in [-0.4, -0.2) is 28.5 Å². The molecule has 32 heavy (non-hydrogen) atoms. The van der Waals surface area contributed by atoms with Crippen LogP contribution in [0.25, 0.3) is 11.0 Å². The Balaban J connectivity index is 1.52. The van der Waals surface area contributed by atoms with Gasteiger partial charge in [0, 0.05) is 5.69 Å². The number of hydrogen-bond donors (Lipinski definition) is 2. The monoisotopic (exact) mass is 448 g/mol. The minimum Gasteiger partial charge on any atom is -0.497 e. The maximum absolute atomic E-state index is 12.7. The second-order valence-corrected chi connectivity index (χ2v) is 7.45. The summed E-state index contributed by atoms with van der Waals surface area (Å²) >= 11 is 6.12. The van der Waals surface area contributed by atoms with E-state index in [1.54, 1.807) is 60.2 Å². The van der Waals surface area contributed by atoms with Crippen molar-refractivity contribution >= 4 is 40.1 Å². The highest BCUT2D eigenvalue weighted by Gasteiger charge is 2.16. The van der Waals surface area contributed by atoms with Crippen LogP contribution in [0.5, 0.6) is 5.75 Å². The molecule has 2 N–H and O–H groups in total. The first-order chi connectivity index (χ1) is 15.5. The summed E-state index contributed by atoms with van der Waals surface area (Å²) in [6.07, 6.45) is 0. The van der Waals surface area contributed by atoms with Crippen molar-refractivity contribution in [1.82, 2.24) is 14.9 Å². The fourth-order valence-electron chi connectivity index (χ4n) is 3.36. The van der Waals surface area contributed by atoms with Gasteiger partial charge in [-0.1, -0.05) is 35.9 Å². The van der Waals surface area contributed by atoms with Crippen LogP contribution in [0.15, 0.2) is 72.8 Å². The zero-order chi connectivity index (χ0) is 22.5. The number of nitrogens with one attached hydrogen (secondary N) is 2. The number of halogens is 1. The first-order valence-corrected chi connectivity index (χ1v) is 10.3. The molecule has 1 aromatic heterocycles. The molecule has 2 amide bonds. The van der Waals surface area contributed by atoms with Gasteiger partial charge in [-0.15, -0.1) is 0 Å². The number of fused-ring (bicyclic) bond motifs is 1. The Kier molecular flexibility index (Phi) is 6.37. The molecule has 0 aliphatic heterocycles. The lowest BCUT2D eigenvalue weighted by molar-refractivity contribution is -0.116. The molecule has 1 heterocycles. The number of ether oxygens (including phenoxy) is 1. The summed E-state index contributed by atoms with van der Waals surface area (Å²) in [5.74, 6) is 0.755. The summed E-state index contributed by atoms with van der Waals surface area (Å²) in [4.78, 5) is 29.9. The van der Waals surface area contributed by atoms with E-state index < -0.39 is 0 Å². The van der Waals surface area contributed by atoms with Gasteiger partial charge >= 0.3 is 0 Å². The first kappa shape index (κ1) is 21.4. The number of rotatable bonds is 7. The summed E-state index contributed by atoms with van der Waals surface area (Å²) in [5.41, 5.74) is 2.59. The number of nitrogens with zero attached hydrogens (tertiary/aromatic N) is 2. The zero-order valence-electron chi connectivity index (χ0n) is 17.3. The Morgan fingerprint density at radius 2 is 1.72 bits per heavy atom. The van der Waals surface area contributed by atoms with Crippen LogP contribution in [0.1, 0.15) is 16.2 Å². The number of para-hydroxylation sites is 2. The zero-order valence-corrected chi connectivity index (χ0v) is 18.1. The number of methoxy groups -OCH3 is 1. The van der Waals surface area contributed by atoms with Gasteiger partial charge in [-0.05, 0) is 48.5 Å². The molecule has 0 spiro atoms. The number of aromatic nitrogens is 2. The largest absolute Gasteiger partial charge is 0.497 e. The summed E-state index contributed by atoms with van der Waals surface area (Å²) in [5, 5.41) is 6.09. The van der Waals surface area contributed by atoms with E-state index in [9.17, 15) is 9.59 Å². The Bertz CT molecular complexity index is 1270. The minimum absolute atomic E-state index is 0.0455. The van der Waals surface area contributed by atoms with E-state index >= 15 is 0 Å². The molecule has 0 saturated carbocycles. The Morgan fingerprint density at radius 1 is 1.00 bits per heavy atom. The third kappa shape index (κ3) is 4.73. The molecule has 0 radical (unpaired) electrons. The number of imidazole rings is 1. The van der Waals surface area contributed by atoms with Crippen molar-refractivity contribution in [1.29, 1.82) is 0 Å². The van der Waals surface area contributed by atoms with Gasteiger partial charge in [-0.25, -0.2) is 4.98 Å². The van der Waals surface area contributed by atoms with Crippen LogP contribution in [0.2, 0.25) is 5.02 Å². The molecule has 0 aliphatic carbocycles. The van der Waals surface area contributed by atoms with Gasteiger partial charge in [0.05, 0.1) is 35.3 Å². The summed E-state index contributed by atoms with van der Waals surface area (Å²) in [7, 11) is 1.59. The molecule has 4 rings (SSSR count). The van der Waals surface area contributed by atoms with Crippen molar-refractivity contribution in [3.63, 3.8) is 0 Å². The van der Waals surface area contributed by atoms with E-state index in [1.165, 1.54) is 0 Å². The Morgan fingerprint density at radius 3 is 2.47 bits per heavy atom. The Hall–Kier alpha value is -3.84. The van der Waals surface area contributed by atoms with Crippen LogP contribution in [-0.2, 0) is 17.9 Å². The lowest BCUT2D eigenvalue weighted by Crippen LogP contribution is -2.26. The topological polar surface area (TPSA) is 85.2 Å². The van der Waals surface area contributed by atoms with Gasteiger partial charge in [0.25, 0.3) is 5.91 Å². The van der Waals surface area contributed by atoms with Crippen LogP contribution in [0.3, 0.4) is 0 Å². The molecular formula is C24H21ClN4O3. The van der Waals surface area contributed by atoms with Crippen molar-refractivity contribution in [2.75, 3.05) is 12.4 Å². The van der Waals surface area contributed by atoms with Gasteiger partial charge in [-0.2, -0.15) is 0 Å². The number of benzene rings is 3. The molecule has 0 bridgehead atoms. The SMILES string of the molecule is COc1ccc(NC(=O)Cn2c(CNC(=O)c3ccccc3Cl)nc3ccccc32)cc1. The fraction of sp³-hybridized carbons (Fsp3) is 0.125. The number of hydrogen-bond acceptors (Lipinski definition) is 4. The van der Waals surface area contributed by atoms with Crippen LogP contribution in [0.4, 0.5) is 5.69 Å². The molecule has 162 valence electrons. The molecule has 4 aromatic rings. The molecule has 0 atom stereocenters. The van der Waals surface area contributed by atoms with Gasteiger partial charge < -0.3 is 19.9 Å². The second kappa shape index (κ2) is 9.53. The maximum Gasteiger partial charge on any atom is 0.253 e. The highest BCUT2D eigenvalue weighted by molar-refractivity contribution is 6.33. The summed E-state index contributed by atoms with van der Waals surface area (Å²) < 4.78 is 6.93. The predicted octanol–water partition coefficient (Wildman–Crippen LogP) is 4.27. The maximum atomic E-state index is 12.7. The second-order valence-electron chi connectivity index (χ2n) is 7.04. The van der Waals surface area contributed by atoms with E-state index in [4.69, 9.17) is 16.3 Å². The molecule has 0 fully saturated rings. The minimum atomic E-state index is -0.308. The molecule has 0 aliphatic rings. The molecule has 8 heteroatoms. The average Bonchev–Trinajstić information content (AvgIpc) is 3.15. The number of carbonyl (C=O) groups excluding carboxylic acids is 2. The highest BCUT2D eigenvalue weighted by atomic mass is 35.5. The van der Waals surface area contributed by atoms with E-state index in [1.807, 2.05) is 24.3 Å². The quantitative estimate of drug-likeness (QED) is 0.442. The number of anilines is 1. The normalized spacial score (nSPS) is 10.7. The van der Waals surface area contributed by atoms with Crippen LogP contribution < -0.4 is 15.4 Å². The molecule has 0 unspecified atom stereocenters. The van der Waals surface area contributed by atoms with Gasteiger partial charge in [-0.3, -0.25) is 9.59 Å². The molecular weight excluding hydrogens is 428 g/mol. The Labute approximate surface area is 190 Å². The first-order valence-electron chi connectivity index (χ1n) is 9.96. The lowest BCUT2D eigenvalue weighted by atomic mass is 10.2. The van der Waals surface area contributed by atoms with Crippen molar-refractivity contribution in [2.24, 2.45) is 0 Å². The number of amides is 2. The summed E-state index contributed by atoms with van der Waals surface area (Å²) in [6, 6.07) is 21.4. The predicted molar refractivity (Wildman–Crippen MR) is 124 cm³/mol. The average molecular weight is 449 g/mol. The van der Waals surface area contributed by atoms with Crippen LogP contribution >= 0.6 is 11.6 Å². The van der Waals surface area contributed by atoms with Crippen molar-refractivity contribution in [3.8, 4) is 5.75 Å². The standard InChI is InChI=1S/C24H21ClN4O3/c1-32-17-12-10-16(11-13-17)27-23(30)15-29-21-9-5-4-8-20(21)28-22(29)14-26-24(31)18-6-2-3-7-19(18)25/h2-13H,14-15H2,1H3,(H,26,31)(H,27,30).